The predicted octanol–water partition coefficient (Wildman–Crippen LogP) is 1.88. The molecule has 0 saturated carbocycles. The lowest BCUT2D eigenvalue weighted by atomic mass is 9.84. The minimum Gasteiger partial charge on any atom is -0.370 e. The number of nitrogens with zero attached hydrogens (tertiary/aromatic N) is 1. The number of aliphatic imine (C=N–C) groups is 1. The molecule has 0 bridgehead atoms. The molecule has 21 heavy (non-hydrogen) atoms. The van der Waals surface area contributed by atoms with Crippen LogP contribution in [0.5, 0.6) is 0 Å². The smallest absolute Gasteiger partial charge is 0.259 e. The molecule has 3 N–H and O–H groups in total. The monoisotopic (exact) mass is 279 g/mol. The molecule has 0 unspecified atom stereocenters. The maximum atomic E-state index is 12.5. The third-order valence-electron chi connectivity index (χ3n) is 3.76. The van der Waals surface area contributed by atoms with Crippen molar-refractivity contribution in [3.05, 3.63) is 71.3 Å². The molecule has 1 amide bonds. The van der Waals surface area contributed by atoms with Crippen LogP contribution in [0.4, 0.5) is 0 Å². The van der Waals surface area contributed by atoms with E-state index in [1.165, 1.54) is 0 Å². The molecule has 2 aromatic carbocycles. The van der Waals surface area contributed by atoms with E-state index in [0.29, 0.717) is 6.42 Å². The highest BCUT2D eigenvalue weighted by Gasteiger charge is 2.44. The van der Waals surface area contributed by atoms with Crippen LogP contribution in [0.15, 0.2) is 59.6 Å². The van der Waals surface area contributed by atoms with Crippen LogP contribution in [0.2, 0.25) is 0 Å². The normalized spacial score (nSPS) is 21.0. The molecule has 1 atom stereocenters. The van der Waals surface area contributed by atoms with E-state index >= 15 is 0 Å². The summed E-state index contributed by atoms with van der Waals surface area (Å²) in [5, 5.41) is 2.63. The van der Waals surface area contributed by atoms with Crippen molar-refractivity contribution >= 4 is 11.9 Å². The van der Waals surface area contributed by atoms with Crippen molar-refractivity contribution in [2.75, 3.05) is 0 Å². The van der Waals surface area contributed by atoms with Gasteiger partial charge in [-0.05, 0) is 18.1 Å². The first-order valence-corrected chi connectivity index (χ1v) is 6.88. The summed E-state index contributed by atoms with van der Waals surface area (Å²) >= 11 is 0. The molecule has 4 nitrogen and oxygen atoms in total. The Morgan fingerprint density at radius 1 is 1.10 bits per heavy atom. The van der Waals surface area contributed by atoms with Gasteiger partial charge in [0.15, 0.2) is 11.5 Å². The first-order valence-electron chi connectivity index (χ1n) is 6.88. The van der Waals surface area contributed by atoms with Crippen molar-refractivity contribution in [2.45, 2.75) is 18.9 Å². The summed E-state index contributed by atoms with van der Waals surface area (Å²) in [6, 6.07) is 17.7. The van der Waals surface area contributed by atoms with Gasteiger partial charge in [0.1, 0.15) is 0 Å². The number of amides is 1. The third kappa shape index (κ3) is 2.40. The summed E-state index contributed by atoms with van der Waals surface area (Å²) in [5.74, 6) is 0.00390. The first kappa shape index (κ1) is 13.4. The van der Waals surface area contributed by atoms with E-state index < -0.39 is 5.54 Å². The molecule has 0 fully saturated rings. The number of hydrogen-bond donors (Lipinski definition) is 2. The zero-order valence-corrected chi connectivity index (χ0v) is 11.8. The second-order valence-corrected chi connectivity index (χ2v) is 5.34. The Morgan fingerprint density at radius 3 is 2.33 bits per heavy atom. The third-order valence-corrected chi connectivity index (χ3v) is 3.76. The Kier molecular flexibility index (Phi) is 3.22. The van der Waals surface area contributed by atoms with Gasteiger partial charge in [-0.1, -0.05) is 60.2 Å². The molecule has 1 heterocycles. The van der Waals surface area contributed by atoms with Crippen LogP contribution in [0.3, 0.4) is 0 Å². The maximum absolute atomic E-state index is 12.5. The van der Waals surface area contributed by atoms with Gasteiger partial charge >= 0.3 is 0 Å². The Labute approximate surface area is 123 Å². The topological polar surface area (TPSA) is 67.5 Å². The fourth-order valence-corrected chi connectivity index (χ4v) is 2.64. The number of benzene rings is 2. The summed E-state index contributed by atoms with van der Waals surface area (Å²) in [5.41, 5.74) is 7.81. The van der Waals surface area contributed by atoms with Gasteiger partial charge in [0.2, 0.25) is 0 Å². The molecule has 1 aliphatic rings. The zero-order valence-electron chi connectivity index (χ0n) is 11.8. The summed E-state index contributed by atoms with van der Waals surface area (Å²) in [6.45, 7) is 2.01. The highest BCUT2D eigenvalue weighted by molar-refractivity contribution is 6.07. The van der Waals surface area contributed by atoms with Crippen LogP contribution in [0.1, 0.15) is 16.7 Å². The van der Waals surface area contributed by atoms with Crippen LogP contribution < -0.4 is 11.1 Å². The van der Waals surface area contributed by atoms with Crippen molar-refractivity contribution in [3.8, 4) is 0 Å². The minimum absolute atomic E-state index is 0.173. The Morgan fingerprint density at radius 2 is 1.76 bits per heavy atom. The lowest BCUT2D eigenvalue weighted by Gasteiger charge is -2.24. The summed E-state index contributed by atoms with van der Waals surface area (Å²) in [6.07, 6.45) is 0.490. The van der Waals surface area contributed by atoms with E-state index in [9.17, 15) is 4.79 Å². The Balaban J connectivity index is 2.08. The largest absolute Gasteiger partial charge is 0.370 e. The van der Waals surface area contributed by atoms with E-state index in [-0.39, 0.29) is 11.9 Å². The van der Waals surface area contributed by atoms with E-state index in [2.05, 4.69) is 10.3 Å². The van der Waals surface area contributed by atoms with Crippen molar-refractivity contribution < 1.29 is 4.79 Å². The number of carbonyl (C=O) groups excluding carboxylic acids is 1. The quantitative estimate of drug-likeness (QED) is 0.900. The average molecular weight is 279 g/mol. The highest BCUT2D eigenvalue weighted by atomic mass is 16.2. The molecule has 3 rings (SSSR count). The summed E-state index contributed by atoms with van der Waals surface area (Å²) in [4.78, 5) is 16.9. The van der Waals surface area contributed by atoms with Crippen LogP contribution in [-0.2, 0) is 16.8 Å². The number of nitrogens with one attached hydrogen (secondary N) is 1. The fraction of sp³-hybridized carbons (Fsp3) is 0.176. The second-order valence-electron chi connectivity index (χ2n) is 5.34. The lowest BCUT2D eigenvalue weighted by molar-refractivity contribution is -0.124. The van der Waals surface area contributed by atoms with E-state index in [4.69, 9.17) is 5.73 Å². The molecule has 0 aromatic heterocycles. The molecule has 0 saturated heterocycles. The van der Waals surface area contributed by atoms with Gasteiger partial charge in [0.25, 0.3) is 5.91 Å². The zero-order chi connectivity index (χ0) is 14.9. The van der Waals surface area contributed by atoms with Crippen LogP contribution >= 0.6 is 0 Å². The number of carbonyl (C=O) groups is 1. The van der Waals surface area contributed by atoms with Gasteiger partial charge in [0.05, 0.1) is 0 Å². The number of guanidine groups is 1. The molecule has 1 aliphatic heterocycles. The summed E-state index contributed by atoms with van der Waals surface area (Å²) in [7, 11) is 0. The minimum atomic E-state index is -0.973. The molecule has 4 heteroatoms. The standard InChI is InChI=1S/C17H17N3O/c1-12-7-9-14(10-8-12)17(15(21)19-16(18)20-17)11-13-5-3-2-4-6-13/h2-10H,11H2,1H3,(H3,18,19,20,21)/t17-/m1/s1. The number of nitrogens with two attached hydrogens (primary N) is 1. The van der Waals surface area contributed by atoms with Gasteiger partial charge in [-0.2, -0.15) is 0 Å². The fourth-order valence-electron chi connectivity index (χ4n) is 2.64. The second kappa shape index (κ2) is 5.05. The van der Waals surface area contributed by atoms with Crippen LogP contribution in [0, 0.1) is 6.92 Å². The average Bonchev–Trinajstić information content (AvgIpc) is 2.76. The van der Waals surface area contributed by atoms with E-state index in [0.717, 1.165) is 16.7 Å². The number of hydrogen-bond acceptors (Lipinski definition) is 3. The van der Waals surface area contributed by atoms with Gasteiger partial charge in [-0.15, -0.1) is 0 Å². The van der Waals surface area contributed by atoms with Gasteiger partial charge in [-0.25, -0.2) is 4.99 Å². The number of aryl methyl sites for hydroxylation is 1. The van der Waals surface area contributed by atoms with Gasteiger partial charge in [-0.3, -0.25) is 10.1 Å². The van der Waals surface area contributed by atoms with Crippen molar-refractivity contribution in [3.63, 3.8) is 0 Å². The van der Waals surface area contributed by atoms with Crippen LogP contribution in [0.25, 0.3) is 0 Å². The molecule has 106 valence electrons. The maximum Gasteiger partial charge on any atom is 0.259 e. The highest BCUT2D eigenvalue weighted by Crippen LogP contribution is 2.33. The Hall–Kier alpha value is -2.62. The van der Waals surface area contributed by atoms with Crippen molar-refractivity contribution in [1.29, 1.82) is 0 Å². The lowest BCUT2D eigenvalue weighted by Crippen LogP contribution is -2.40. The molecule has 2 aromatic rings. The van der Waals surface area contributed by atoms with E-state index in [1.54, 1.807) is 0 Å². The van der Waals surface area contributed by atoms with Gasteiger partial charge < -0.3 is 5.73 Å². The molecular formula is C17H17N3O. The number of rotatable bonds is 3. The first-order chi connectivity index (χ1) is 10.1. The van der Waals surface area contributed by atoms with E-state index in [1.807, 2.05) is 61.5 Å². The van der Waals surface area contributed by atoms with Gasteiger partial charge in [0, 0.05) is 6.42 Å². The predicted molar refractivity (Wildman–Crippen MR) is 82.8 cm³/mol. The molecule has 0 spiro atoms. The SMILES string of the molecule is Cc1ccc([C@@]2(Cc3ccccc3)N=C(N)NC2=O)cc1. The molecule has 0 aliphatic carbocycles. The summed E-state index contributed by atoms with van der Waals surface area (Å²) < 4.78 is 0. The van der Waals surface area contributed by atoms with Crippen molar-refractivity contribution in [1.82, 2.24) is 5.32 Å². The molecular weight excluding hydrogens is 262 g/mol. The van der Waals surface area contributed by atoms with Crippen molar-refractivity contribution in [2.24, 2.45) is 10.7 Å². The van der Waals surface area contributed by atoms with Crippen LogP contribution in [-0.4, -0.2) is 11.9 Å². The molecule has 0 radical (unpaired) electrons. The Bertz CT molecular complexity index is 692.